The van der Waals surface area contributed by atoms with Gasteiger partial charge in [0.05, 0.1) is 5.69 Å². The van der Waals surface area contributed by atoms with Gasteiger partial charge in [-0.3, -0.25) is 9.59 Å². The molecule has 1 atom stereocenters. The second-order valence-corrected chi connectivity index (χ2v) is 5.73. The van der Waals surface area contributed by atoms with Gasteiger partial charge in [-0.15, -0.1) is 5.10 Å². The molecular formula is C15H23N5O2. The van der Waals surface area contributed by atoms with E-state index < -0.39 is 6.04 Å². The lowest BCUT2D eigenvalue weighted by Gasteiger charge is -2.34. The van der Waals surface area contributed by atoms with Crippen LogP contribution in [0.4, 0.5) is 5.82 Å². The van der Waals surface area contributed by atoms with Gasteiger partial charge in [0.25, 0.3) is 0 Å². The molecule has 7 nitrogen and oxygen atoms in total. The second-order valence-electron chi connectivity index (χ2n) is 5.73. The Kier molecular flexibility index (Phi) is 5.30. The zero-order chi connectivity index (χ0) is 16.1. The first kappa shape index (κ1) is 16.2. The number of rotatable bonds is 4. The number of piperidine rings is 1. The quantitative estimate of drug-likeness (QED) is 0.855. The van der Waals surface area contributed by atoms with Gasteiger partial charge < -0.3 is 15.5 Å². The van der Waals surface area contributed by atoms with E-state index >= 15 is 0 Å². The number of aromatic nitrogens is 2. The van der Waals surface area contributed by atoms with Crippen molar-refractivity contribution in [2.45, 2.75) is 45.7 Å². The summed E-state index contributed by atoms with van der Waals surface area (Å²) in [5, 5.41) is 14.1. The number of aryl methyl sites for hydroxylation is 1. The van der Waals surface area contributed by atoms with Crippen molar-refractivity contribution in [3.8, 4) is 0 Å². The van der Waals surface area contributed by atoms with E-state index in [4.69, 9.17) is 0 Å². The van der Waals surface area contributed by atoms with Crippen LogP contribution in [0.3, 0.4) is 0 Å². The van der Waals surface area contributed by atoms with Crippen molar-refractivity contribution in [1.82, 2.24) is 20.4 Å². The molecule has 120 valence electrons. The molecule has 1 aliphatic rings. The molecule has 1 unspecified atom stereocenters. The molecule has 1 aliphatic heterocycles. The molecule has 1 aromatic heterocycles. The fourth-order valence-electron chi connectivity index (χ4n) is 2.57. The van der Waals surface area contributed by atoms with Gasteiger partial charge in [0.1, 0.15) is 11.9 Å². The number of hydrogen-bond donors (Lipinski definition) is 2. The minimum Gasteiger partial charge on any atom is -0.366 e. The lowest BCUT2D eigenvalue weighted by atomic mass is 10.0. The topological polar surface area (TPSA) is 87.2 Å². The minimum absolute atomic E-state index is 0.0243. The maximum Gasteiger partial charge on any atom is 0.244 e. The van der Waals surface area contributed by atoms with Crippen molar-refractivity contribution in [2.24, 2.45) is 0 Å². The molecule has 2 amide bonds. The molecule has 1 fully saturated rings. The van der Waals surface area contributed by atoms with E-state index in [9.17, 15) is 9.59 Å². The van der Waals surface area contributed by atoms with Crippen molar-refractivity contribution in [2.75, 3.05) is 18.4 Å². The largest absolute Gasteiger partial charge is 0.366 e. The van der Waals surface area contributed by atoms with Crippen molar-refractivity contribution >= 4 is 17.6 Å². The van der Waals surface area contributed by atoms with E-state index in [1.54, 1.807) is 11.8 Å². The number of nitrogens with one attached hydrogen (secondary N) is 2. The van der Waals surface area contributed by atoms with Crippen LogP contribution in [0, 0.1) is 6.92 Å². The average Bonchev–Trinajstić information content (AvgIpc) is 2.49. The summed E-state index contributed by atoms with van der Waals surface area (Å²) in [4.78, 5) is 25.0. The van der Waals surface area contributed by atoms with Crippen LogP contribution in [-0.4, -0.2) is 52.1 Å². The van der Waals surface area contributed by atoms with E-state index in [0.717, 1.165) is 24.4 Å². The molecule has 1 aromatic rings. The Morgan fingerprint density at radius 2 is 1.95 bits per heavy atom. The summed E-state index contributed by atoms with van der Waals surface area (Å²) in [6, 6.07) is 3.66. The zero-order valence-electron chi connectivity index (χ0n) is 13.3. The molecule has 0 saturated carbocycles. The maximum atomic E-state index is 12.2. The number of carbonyl (C=O) groups excluding carboxylic acids is 2. The van der Waals surface area contributed by atoms with Crippen LogP contribution in [-0.2, 0) is 9.59 Å². The third-order valence-corrected chi connectivity index (χ3v) is 3.75. The number of likely N-dealkylation sites (tertiary alicyclic amines) is 1. The fourth-order valence-corrected chi connectivity index (χ4v) is 2.57. The van der Waals surface area contributed by atoms with Gasteiger partial charge in [-0.2, -0.15) is 5.10 Å². The lowest BCUT2D eigenvalue weighted by Crippen LogP contribution is -2.50. The number of nitrogens with zero attached hydrogens (tertiary/aromatic N) is 3. The Bertz CT molecular complexity index is 523. The van der Waals surface area contributed by atoms with Gasteiger partial charge in [-0.1, -0.05) is 0 Å². The van der Waals surface area contributed by atoms with Crippen molar-refractivity contribution in [3.05, 3.63) is 17.8 Å². The smallest absolute Gasteiger partial charge is 0.244 e. The first-order valence-electron chi connectivity index (χ1n) is 7.58. The van der Waals surface area contributed by atoms with Crippen LogP contribution in [0.25, 0.3) is 0 Å². The normalized spacial score (nSPS) is 17.0. The van der Waals surface area contributed by atoms with Gasteiger partial charge in [-0.05, 0) is 38.8 Å². The van der Waals surface area contributed by atoms with Gasteiger partial charge in [-0.25, -0.2) is 0 Å². The van der Waals surface area contributed by atoms with Gasteiger partial charge >= 0.3 is 0 Å². The SMILES string of the molecule is CC(=O)NC(C)C(=O)N1CCC(Nc2ccc(C)nn2)CC1. The molecule has 0 bridgehead atoms. The molecule has 0 aliphatic carbocycles. The molecule has 0 spiro atoms. The summed E-state index contributed by atoms with van der Waals surface area (Å²) >= 11 is 0. The first-order chi connectivity index (χ1) is 10.5. The van der Waals surface area contributed by atoms with Crippen LogP contribution >= 0.6 is 0 Å². The van der Waals surface area contributed by atoms with E-state index in [-0.39, 0.29) is 17.9 Å². The molecule has 0 radical (unpaired) electrons. The van der Waals surface area contributed by atoms with Crippen LogP contribution in [0.1, 0.15) is 32.4 Å². The maximum absolute atomic E-state index is 12.2. The van der Waals surface area contributed by atoms with Crippen LogP contribution in [0.2, 0.25) is 0 Å². The summed E-state index contributed by atoms with van der Waals surface area (Å²) in [6.07, 6.45) is 1.71. The molecular weight excluding hydrogens is 282 g/mol. The third kappa shape index (κ3) is 4.41. The highest BCUT2D eigenvalue weighted by Crippen LogP contribution is 2.15. The second kappa shape index (κ2) is 7.20. The fraction of sp³-hybridized carbons (Fsp3) is 0.600. The summed E-state index contributed by atoms with van der Waals surface area (Å²) < 4.78 is 0. The Labute approximate surface area is 130 Å². The molecule has 0 aromatic carbocycles. The Hall–Kier alpha value is -2.18. The van der Waals surface area contributed by atoms with E-state index in [0.29, 0.717) is 13.1 Å². The number of anilines is 1. The predicted molar refractivity (Wildman–Crippen MR) is 83.3 cm³/mol. The van der Waals surface area contributed by atoms with Crippen LogP contribution in [0.5, 0.6) is 0 Å². The monoisotopic (exact) mass is 305 g/mol. The van der Waals surface area contributed by atoms with E-state index in [1.807, 2.05) is 19.1 Å². The van der Waals surface area contributed by atoms with Gasteiger partial charge in [0, 0.05) is 26.1 Å². The Morgan fingerprint density at radius 3 is 2.50 bits per heavy atom. The minimum atomic E-state index is -0.468. The zero-order valence-corrected chi connectivity index (χ0v) is 13.3. The van der Waals surface area contributed by atoms with E-state index in [2.05, 4.69) is 20.8 Å². The summed E-state index contributed by atoms with van der Waals surface area (Å²) in [5.74, 6) is 0.557. The highest BCUT2D eigenvalue weighted by molar-refractivity contribution is 5.86. The number of carbonyl (C=O) groups is 2. The third-order valence-electron chi connectivity index (χ3n) is 3.75. The Morgan fingerprint density at radius 1 is 1.27 bits per heavy atom. The molecule has 2 heterocycles. The highest BCUT2D eigenvalue weighted by atomic mass is 16.2. The van der Waals surface area contributed by atoms with Crippen molar-refractivity contribution in [1.29, 1.82) is 0 Å². The number of amides is 2. The molecule has 2 rings (SSSR count). The lowest BCUT2D eigenvalue weighted by molar-refractivity contribution is -0.136. The highest BCUT2D eigenvalue weighted by Gasteiger charge is 2.26. The van der Waals surface area contributed by atoms with Gasteiger partial charge in [0.15, 0.2) is 0 Å². The van der Waals surface area contributed by atoms with Gasteiger partial charge in [0.2, 0.25) is 11.8 Å². The summed E-state index contributed by atoms with van der Waals surface area (Å²) in [5.41, 5.74) is 0.887. The van der Waals surface area contributed by atoms with Crippen molar-refractivity contribution in [3.63, 3.8) is 0 Å². The predicted octanol–water partition coefficient (Wildman–Crippen LogP) is 0.713. The van der Waals surface area contributed by atoms with Crippen LogP contribution in [0.15, 0.2) is 12.1 Å². The number of hydrogen-bond acceptors (Lipinski definition) is 5. The standard InChI is InChI=1S/C15H23N5O2/c1-10-4-5-14(19-18-10)17-13-6-8-20(9-7-13)15(22)11(2)16-12(3)21/h4-5,11,13H,6-9H2,1-3H3,(H,16,21)(H,17,19). The van der Waals surface area contributed by atoms with E-state index in [1.165, 1.54) is 6.92 Å². The average molecular weight is 305 g/mol. The molecule has 2 N–H and O–H groups in total. The molecule has 1 saturated heterocycles. The van der Waals surface area contributed by atoms with Crippen LogP contribution < -0.4 is 10.6 Å². The first-order valence-corrected chi connectivity index (χ1v) is 7.58. The van der Waals surface area contributed by atoms with Crippen molar-refractivity contribution < 1.29 is 9.59 Å². The summed E-state index contributed by atoms with van der Waals surface area (Å²) in [7, 11) is 0. The summed E-state index contributed by atoms with van der Waals surface area (Å²) in [6.45, 7) is 6.40. The molecule has 7 heteroatoms. The molecule has 22 heavy (non-hydrogen) atoms. The Balaban J connectivity index is 1.81.